The normalized spacial score (nSPS) is 16.5. The molecule has 0 aliphatic heterocycles. The van der Waals surface area contributed by atoms with Crippen molar-refractivity contribution in [3.8, 4) is 5.75 Å². The Kier molecular flexibility index (Phi) is 7.65. The van der Waals surface area contributed by atoms with Gasteiger partial charge >= 0.3 is 12.4 Å². The lowest BCUT2D eigenvalue weighted by atomic mass is 9.75. The number of rotatable bonds is 6. The first-order valence-corrected chi connectivity index (χ1v) is 12.4. The van der Waals surface area contributed by atoms with Crippen LogP contribution in [-0.4, -0.2) is 16.7 Å². The van der Waals surface area contributed by atoms with Gasteiger partial charge in [-0.1, -0.05) is 43.3 Å². The molecule has 0 saturated carbocycles. The van der Waals surface area contributed by atoms with Gasteiger partial charge in [0, 0.05) is 29.4 Å². The van der Waals surface area contributed by atoms with Crippen LogP contribution in [0, 0.1) is 12.8 Å². The van der Waals surface area contributed by atoms with E-state index in [2.05, 4.69) is 0 Å². The van der Waals surface area contributed by atoms with Gasteiger partial charge in [-0.2, -0.15) is 26.3 Å². The van der Waals surface area contributed by atoms with Crippen LogP contribution < -0.4 is 0 Å². The average molecular weight is 549 g/mol. The molecule has 2 atom stereocenters. The third-order valence-corrected chi connectivity index (χ3v) is 7.54. The molecule has 0 bridgehead atoms. The maximum atomic E-state index is 13.5. The van der Waals surface area contributed by atoms with Crippen LogP contribution in [0.25, 0.3) is 0 Å². The van der Waals surface area contributed by atoms with Gasteiger partial charge in [-0.05, 0) is 66.6 Å². The predicted molar refractivity (Wildman–Crippen MR) is 133 cm³/mol. The molecule has 3 aromatic carbocycles. The zero-order chi connectivity index (χ0) is 28.7. The standard InChI is InChI=1S/C30H26F6O3/c1-16-18(6-5-9-23(16)29(31,32)33)15-26(38)17(2)27-21-12-10-20(14-19(21)11-13-25(27)37)28(39)22-7-3-4-8-24(22)30(34,35)36/h3-9,11,13,17,20,37H,10,12,14-15H2,1-2H3. The number of carbonyl (C=O) groups excluding carboxylic acids is 2. The van der Waals surface area contributed by atoms with E-state index < -0.39 is 52.4 Å². The van der Waals surface area contributed by atoms with E-state index >= 15 is 0 Å². The summed E-state index contributed by atoms with van der Waals surface area (Å²) in [6.45, 7) is 2.88. The Morgan fingerprint density at radius 1 is 0.923 bits per heavy atom. The molecule has 1 N–H and O–H groups in total. The zero-order valence-corrected chi connectivity index (χ0v) is 21.2. The monoisotopic (exact) mass is 548 g/mol. The van der Waals surface area contributed by atoms with E-state index in [-0.39, 0.29) is 42.6 Å². The van der Waals surface area contributed by atoms with Gasteiger partial charge in [-0.25, -0.2) is 0 Å². The van der Waals surface area contributed by atoms with Gasteiger partial charge in [-0.15, -0.1) is 0 Å². The maximum absolute atomic E-state index is 13.5. The number of aromatic hydroxyl groups is 1. The second-order valence-electron chi connectivity index (χ2n) is 9.94. The molecule has 3 nitrogen and oxygen atoms in total. The summed E-state index contributed by atoms with van der Waals surface area (Å²) in [5.41, 5.74) is -0.373. The van der Waals surface area contributed by atoms with Gasteiger partial charge in [0.15, 0.2) is 5.78 Å². The number of alkyl halides is 6. The van der Waals surface area contributed by atoms with Crippen molar-refractivity contribution in [1.82, 2.24) is 0 Å². The third-order valence-electron chi connectivity index (χ3n) is 7.54. The van der Waals surface area contributed by atoms with Crippen molar-refractivity contribution in [1.29, 1.82) is 0 Å². The molecule has 0 fully saturated rings. The maximum Gasteiger partial charge on any atom is 0.417 e. The number of hydrogen-bond acceptors (Lipinski definition) is 3. The molecule has 206 valence electrons. The minimum atomic E-state index is -4.68. The molecule has 0 radical (unpaired) electrons. The minimum absolute atomic E-state index is 0.0367. The van der Waals surface area contributed by atoms with Crippen molar-refractivity contribution < 1.29 is 41.0 Å². The summed E-state index contributed by atoms with van der Waals surface area (Å²) in [6, 6.07) is 11.3. The number of phenolic OH excluding ortho intramolecular Hbond substituents is 1. The summed E-state index contributed by atoms with van der Waals surface area (Å²) < 4.78 is 80.3. The number of carbonyl (C=O) groups is 2. The Bertz CT molecular complexity index is 1420. The number of fused-ring (bicyclic) bond motifs is 1. The van der Waals surface area contributed by atoms with E-state index in [0.29, 0.717) is 16.7 Å². The highest BCUT2D eigenvalue weighted by Crippen LogP contribution is 2.40. The quantitative estimate of drug-likeness (QED) is 0.254. The van der Waals surface area contributed by atoms with Crippen LogP contribution in [-0.2, 0) is 36.4 Å². The fraction of sp³-hybridized carbons (Fsp3) is 0.333. The molecule has 0 amide bonds. The Balaban J connectivity index is 1.59. The highest BCUT2D eigenvalue weighted by atomic mass is 19.4. The number of hydrogen-bond donors (Lipinski definition) is 1. The van der Waals surface area contributed by atoms with Crippen LogP contribution >= 0.6 is 0 Å². The molecular formula is C30H26F6O3. The Hall–Kier alpha value is -3.62. The lowest BCUT2D eigenvalue weighted by molar-refractivity contribution is -0.138. The topological polar surface area (TPSA) is 54.4 Å². The van der Waals surface area contributed by atoms with Crippen molar-refractivity contribution in [2.24, 2.45) is 5.92 Å². The number of Topliss-reactive ketones (excluding diaryl/α,β-unsaturated/α-hetero) is 2. The minimum Gasteiger partial charge on any atom is -0.508 e. The highest BCUT2D eigenvalue weighted by molar-refractivity contribution is 5.99. The van der Waals surface area contributed by atoms with E-state index in [4.69, 9.17) is 0 Å². The highest BCUT2D eigenvalue weighted by Gasteiger charge is 2.38. The molecule has 4 rings (SSSR count). The van der Waals surface area contributed by atoms with E-state index in [1.807, 2.05) is 0 Å². The third kappa shape index (κ3) is 5.72. The molecule has 3 aromatic rings. The summed E-state index contributed by atoms with van der Waals surface area (Å²) in [4.78, 5) is 26.3. The summed E-state index contributed by atoms with van der Waals surface area (Å²) in [6.07, 6.45) is -8.88. The molecule has 0 heterocycles. The van der Waals surface area contributed by atoms with E-state index in [1.54, 1.807) is 13.0 Å². The van der Waals surface area contributed by atoms with E-state index in [1.165, 1.54) is 43.3 Å². The van der Waals surface area contributed by atoms with Crippen LogP contribution in [0.15, 0.2) is 54.6 Å². The molecule has 9 heteroatoms. The van der Waals surface area contributed by atoms with Crippen molar-refractivity contribution in [2.75, 3.05) is 0 Å². The lowest BCUT2D eigenvalue weighted by Gasteiger charge is -2.28. The fourth-order valence-corrected chi connectivity index (χ4v) is 5.43. The van der Waals surface area contributed by atoms with Gasteiger partial charge in [0.1, 0.15) is 11.5 Å². The Morgan fingerprint density at radius 2 is 1.56 bits per heavy atom. The van der Waals surface area contributed by atoms with Crippen molar-refractivity contribution in [2.45, 2.75) is 57.8 Å². The molecule has 2 unspecified atom stereocenters. The molecular weight excluding hydrogens is 522 g/mol. The van der Waals surface area contributed by atoms with Gasteiger partial charge in [-0.3, -0.25) is 9.59 Å². The molecule has 1 aliphatic carbocycles. The van der Waals surface area contributed by atoms with Gasteiger partial charge < -0.3 is 5.11 Å². The van der Waals surface area contributed by atoms with Crippen LogP contribution in [0.4, 0.5) is 26.3 Å². The molecule has 0 saturated heterocycles. The van der Waals surface area contributed by atoms with Crippen LogP contribution in [0.2, 0.25) is 0 Å². The number of benzene rings is 3. The number of phenols is 1. The summed E-state index contributed by atoms with van der Waals surface area (Å²) >= 11 is 0. The summed E-state index contributed by atoms with van der Waals surface area (Å²) in [5, 5.41) is 10.6. The first-order valence-electron chi connectivity index (χ1n) is 12.4. The molecule has 0 spiro atoms. The Labute approximate surface area is 221 Å². The van der Waals surface area contributed by atoms with Crippen LogP contribution in [0.1, 0.15) is 68.6 Å². The van der Waals surface area contributed by atoms with Crippen molar-refractivity contribution >= 4 is 11.6 Å². The van der Waals surface area contributed by atoms with E-state index in [0.717, 1.165) is 12.1 Å². The van der Waals surface area contributed by atoms with Crippen molar-refractivity contribution in [3.63, 3.8) is 0 Å². The van der Waals surface area contributed by atoms with Crippen LogP contribution in [0.3, 0.4) is 0 Å². The average Bonchev–Trinajstić information content (AvgIpc) is 2.87. The fourth-order valence-electron chi connectivity index (χ4n) is 5.43. The molecule has 1 aliphatic rings. The first kappa shape index (κ1) is 28.4. The number of halogens is 6. The molecule has 0 aromatic heterocycles. The second-order valence-corrected chi connectivity index (χ2v) is 9.94. The van der Waals surface area contributed by atoms with Gasteiger partial charge in [0.2, 0.25) is 0 Å². The van der Waals surface area contributed by atoms with Gasteiger partial charge in [0.05, 0.1) is 11.1 Å². The number of ketones is 2. The smallest absolute Gasteiger partial charge is 0.417 e. The Morgan fingerprint density at radius 3 is 2.23 bits per heavy atom. The van der Waals surface area contributed by atoms with Crippen LogP contribution in [0.5, 0.6) is 5.75 Å². The van der Waals surface area contributed by atoms with Crippen molar-refractivity contribution in [3.05, 3.63) is 99.1 Å². The summed E-state index contributed by atoms with van der Waals surface area (Å²) in [7, 11) is 0. The second kappa shape index (κ2) is 10.5. The van der Waals surface area contributed by atoms with Gasteiger partial charge in [0.25, 0.3) is 0 Å². The largest absolute Gasteiger partial charge is 0.508 e. The first-order chi connectivity index (χ1) is 18.2. The van der Waals surface area contributed by atoms with E-state index in [9.17, 15) is 41.0 Å². The predicted octanol–water partition coefficient (Wildman–Crippen LogP) is 7.64. The summed E-state index contributed by atoms with van der Waals surface area (Å²) in [5.74, 6) is -2.72. The lowest BCUT2D eigenvalue weighted by Crippen LogP contribution is -2.26. The zero-order valence-electron chi connectivity index (χ0n) is 21.2. The molecule has 39 heavy (non-hydrogen) atoms. The SMILES string of the molecule is Cc1c(CC(=O)C(C)c2c(O)ccc3c2CCC(C(=O)c2ccccc2C(F)(F)F)C3)cccc1C(F)(F)F.